The summed E-state index contributed by atoms with van der Waals surface area (Å²) in [6.07, 6.45) is 0. The second kappa shape index (κ2) is 6.50. The zero-order chi connectivity index (χ0) is 18.3. The van der Waals surface area contributed by atoms with Gasteiger partial charge in [0, 0.05) is 11.6 Å². The lowest BCUT2D eigenvalue weighted by molar-refractivity contribution is -0.384. The van der Waals surface area contributed by atoms with Crippen molar-refractivity contribution in [2.24, 2.45) is 0 Å². The van der Waals surface area contributed by atoms with Gasteiger partial charge in [-0.3, -0.25) is 10.1 Å². The second-order valence-electron chi connectivity index (χ2n) is 5.84. The van der Waals surface area contributed by atoms with Crippen LogP contribution in [0.5, 0.6) is 0 Å². The Labute approximate surface area is 154 Å². The molecule has 0 aliphatic carbocycles. The number of rotatable bonds is 3. The van der Waals surface area contributed by atoms with Crippen LogP contribution >= 0.6 is 23.2 Å². The van der Waals surface area contributed by atoms with Crippen molar-refractivity contribution in [3.63, 3.8) is 0 Å². The Morgan fingerprint density at radius 2 is 1.72 bits per heavy atom. The van der Waals surface area contributed by atoms with E-state index in [1.54, 1.807) is 6.07 Å². The van der Waals surface area contributed by atoms with Crippen molar-refractivity contribution in [1.29, 1.82) is 0 Å². The molecular weight excluding hydrogens is 363 g/mol. The maximum absolute atomic E-state index is 11.3. The van der Waals surface area contributed by atoms with Gasteiger partial charge in [0.1, 0.15) is 16.3 Å². The van der Waals surface area contributed by atoms with Crippen molar-refractivity contribution < 1.29 is 9.45 Å². The SMILES string of the molecule is Cc1cc(C)c(-c2noc(-c3c(Cl)cccc3[N+](=O)[O-])c2Cl)c(C)c1. The first-order valence-electron chi connectivity index (χ1n) is 7.48. The molecule has 0 saturated carbocycles. The van der Waals surface area contributed by atoms with E-state index in [4.69, 9.17) is 27.7 Å². The van der Waals surface area contributed by atoms with E-state index in [1.807, 2.05) is 32.9 Å². The maximum Gasteiger partial charge on any atom is 0.282 e. The van der Waals surface area contributed by atoms with Crippen molar-refractivity contribution in [3.05, 3.63) is 67.2 Å². The maximum atomic E-state index is 11.3. The lowest BCUT2D eigenvalue weighted by Crippen LogP contribution is -1.93. The highest BCUT2D eigenvalue weighted by atomic mass is 35.5. The average Bonchev–Trinajstić information content (AvgIpc) is 2.87. The van der Waals surface area contributed by atoms with E-state index < -0.39 is 4.92 Å². The van der Waals surface area contributed by atoms with Crippen molar-refractivity contribution in [3.8, 4) is 22.6 Å². The molecule has 0 bridgehead atoms. The van der Waals surface area contributed by atoms with E-state index in [-0.39, 0.29) is 27.1 Å². The van der Waals surface area contributed by atoms with Crippen molar-refractivity contribution in [2.75, 3.05) is 0 Å². The van der Waals surface area contributed by atoms with Crippen molar-refractivity contribution >= 4 is 28.9 Å². The van der Waals surface area contributed by atoms with Crippen LogP contribution in [0.3, 0.4) is 0 Å². The number of nitro groups is 1. The number of nitrogens with zero attached hydrogens (tertiary/aromatic N) is 2. The first-order chi connectivity index (χ1) is 11.8. The van der Waals surface area contributed by atoms with Crippen LogP contribution in [0.25, 0.3) is 22.6 Å². The van der Waals surface area contributed by atoms with Gasteiger partial charge < -0.3 is 4.52 Å². The summed E-state index contributed by atoms with van der Waals surface area (Å²) in [6, 6.07) is 8.44. The molecule has 0 spiro atoms. The molecule has 2 aromatic carbocycles. The van der Waals surface area contributed by atoms with Crippen LogP contribution in [0, 0.1) is 30.9 Å². The summed E-state index contributed by atoms with van der Waals surface area (Å²) >= 11 is 12.7. The molecular formula is C18H14Cl2N2O3. The van der Waals surface area contributed by atoms with Crippen LogP contribution in [-0.2, 0) is 0 Å². The molecule has 1 aromatic heterocycles. The van der Waals surface area contributed by atoms with Crippen LogP contribution in [0.15, 0.2) is 34.9 Å². The number of hydrogen-bond donors (Lipinski definition) is 0. The molecule has 7 heteroatoms. The van der Waals surface area contributed by atoms with E-state index in [0.29, 0.717) is 5.69 Å². The quantitative estimate of drug-likeness (QED) is 0.406. The van der Waals surface area contributed by atoms with Gasteiger partial charge in [0.15, 0.2) is 5.76 Å². The predicted molar refractivity (Wildman–Crippen MR) is 98.3 cm³/mol. The lowest BCUT2D eigenvalue weighted by Gasteiger charge is -2.09. The molecule has 0 saturated heterocycles. The van der Waals surface area contributed by atoms with E-state index in [9.17, 15) is 10.1 Å². The zero-order valence-corrected chi connectivity index (χ0v) is 15.3. The van der Waals surface area contributed by atoms with Gasteiger partial charge >= 0.3 is 0 Å². The molecule has 128 valence electrons. The van der Waals surface area contributed by atoms with Gasteiger partial charge in [-0.2, -0.15) is 0 Å². The minimum Gasteiger partial charge on any atom is -0.354 e. The van der Waals surface area contributed by atoms with Gasteiger partial charge in [-0.1, -0.05) is 52.1 Å². The monoisotopic (exact) mass is 376 g/mol. The highest BCUT2D eigenvalue weighted by Crippen LogP contribution is 2.44. The second-order valence-corrected chi connectivity index (χ2v) is 6.62. The number of aromatic nitrogens is 1. The molecule has 0 unspecified atom stereocenters. The Hall–Kier alpha value is -2.37. The summed E-state index contributed by atoms with van der Waals surface area (Å²) < 4.78 is 5.38. The third-order valence-corrected chi connectivity index (χ3v) is 4.63. The summed E-state index contributed by atoms with van der Waals surface area (Å²) in [5.74, 6) is 0.0911. The van der Waals surface area contributed by atoms with Gasteiger partial charge in [0.25, 0.3) is 5.69 Å². The van der Waals surface area contributed by atoms with Crippen molar-refractivity contribution in [2.45, 2.75) is 20.8 Å². The summed E-state index contributed by atoms with van der Waals surface area (Å²) in [4.78, 5) is 10.8. The molecule has 0 amide bonds. The predicted octanol–water partition coefficient (Wildman–Crippen LogP) is 6.15. The molecule has 3 aromatic rings. The summed E-state index contributed by atoms with van der Waals surface area (Å²) in [6.45, 7) is 5.92. The molecule has 0 atom stereocenters. The molecule has 0 fully saturated rings. The van der Waals surface area contributed by atoms with Crippen LogP contribution in [0.4, 0.5) is 5.69 Å². The van der Waals surface area contributed by atoms with E-state index in [2.05, 4.69) is 5.16 Å². The number of benzene rings is 2. The van der Waals surface area contributed by atoms with Gasteiger partial charge in [-0.05, 0) is 38.0 Å². The summed E-state index contributed by atoms with van der Waals surface area (Å²) in [7, 11) is 0. The highest BCUT2D eigenvalue weighted by Gasteiger charge is 2.27. The normalized spacial score (nSPS) is 10.9. The zero-order valence-electron chi connectivity index (χ0n) is 13.8. The van der Waals surface area contributed by atoms with E-state index >= 15 is 0 Å². The largest absolute Gasteiger partial charge is 0.354 e. The third-order valence-electron chi connectivity index (χ3n) is 3.96. The van der Waals surface area contributed by atoms with Crippen LogP contribution in [0.2, 0.25) is 10.0 Å². The Kier molecular flexibility index (Phi) is 4.54. The molecule has 0 radical (unpaired) electrons. The molecule has 5 nitrogen and oxygen atoms in total. The Morgan fingerprint density at radius 1 is 1.08 bits per heavy atom. The van der Waals surface area contributed by atoms with Crippen LogP contribution in [-0.4, -0.2) is 10.1 Å². The van der Waals surface area contributed by atoms with Gasteiger partial charge in [-0.15, -0.1) is 0 Å². The standard InChI is InChI=1S/C18H14Cl2N2O3/c1-9-7-10(2)14(11(3)8-9)17-16(20)18(25-21-17)15-12(19)5-4-6-13(15)22(23)24/h4-8H,1-3H3. The first kappa shape index (κ1) is 17.5. The fourth-order valence-corrected chi connectivity index (χ4v) is 3.55. The molecule has 25 heavy (non-hydrogen) atoms. The fraction of sp³-hybridized carbons (Fsp3) is 0.167. The average molecular weight is 377 g/mol. The first-order valence-corrected chi connectivity index (χ1v) is 8.23. The van der Waals surface area contributed by atoms with Gasteiger partial charge in [0.05, 0.1) is 9.95 Å². The van der Waals surface area contributed by atoms with Gasteiger partial charge in [-0.25, -0.2) is 0 Å². The molecule has 3 rings (SSSR count). The van der Waals surface area contributed by atoms with Crippen LogP contribution in [0.1, 0.15) is 16.7 Å². The van der Waals surface area contributed by atoms with E-state index in [1.165, 1.54) is 12.1 Å². The summed E-state index contributed by atoms with van der Waals surface area (Å²) in [5, 5.41) is 15.8. The minimum atomic E-state index is -0.526. The van der Waals surface area contributed by atoms with Crippen molar-refractivity contribution in [1.82, 2.24) is 5.16 Å². The number of nitro benzene ring substituents is 1. The Balaban J connectivity index is 2.25. The molecule has 0 aliphatic rings. The smallest absolute Gasteiger partial charge is 0.282 e. The molecule has 0 aliphatic heterocycles. The van der Waals surface area contributed by atoms with Gasteiger partial charge in [0.2, 0.25) is 0 Å². The number of aryl methyl sites for hydroxylation is 3. The highest BCUT2D eigenvalue weighted by molar-refractivity contribution is 6.38. The van der Waals surface area contributed by atoms with E-state index in [0.717, 1.165) is 22.3 Å². The number of hydrogen-bond acceptors (Lipinski definition) is 4. The Bertz CT molecular complexity index is 973. The number of halogens is 2. The fourth-order valence-electron chi connectivity index (χ4n) is 3.03. The molecule has 1 heterocycles. The lowest BCUT2D eigenvalue weighted by atomic mass is 9.97. The minimum absolute atomic E-state index is 0.0911. The topological polar surface area (TPSA) is 69.2 Å². The Morgan fingerprint density at radius 3 is 2.32 bits per heavy atom. The van der Waals surface area contributed by atoms with Crippen LogP contribution < -0.4 is 0 Å². The summed E-state index contributed by atoms with van der Waals surface area (Å²) in [5.41, 5.74) is 4.34. The third kappa shape index (κ3) is 3.01. The molecule has 0 N–H and O–H groups in total.